The third kappa shape index (κ3) is 6.62. The Morgan fingerprint density at radius 2 is 2.05 bits per heavy atom. The van der Waals surface area contributed by atoms with Crippen LogP contribution < -0.4 is 15.4 Å². The molecule has 0 bridgehead atoms. The standard InChI is InChI=1S/C11H19ClN4O3S2/c1-13-11(15-7-8-19-2)14-5-6-16-21(17,18)10-4-3-9(12)20-10/h3-4,16H,5-8H2,1-2H3,(H2,13,14,15). The smallest absolute Gasteiger partial charge is 0.250 e. The second-order valence-electron chi connectivity index (χ2n) is 3.87. The lowest BCUT2D eigenvalue weighted by atomic mass is 10.6. The first-order chi connectivity index (χ1) is 9.99. The number of methoxy groups -OCH3 is 1. The molecule has 21 heavy (non-hydrogen) atoms. The Hall–Kier alpha value is -0.870. The lowest BCUT2D eigenvalue weighted by Gasteiger charge is -2.11. The molecule has 0 saturated heterocycles. The number of sulfonamides is 1. The molecule has 3 N–H and O–H groups in total. The molecule has 0 radical (unpaired) electrons. The zero-order chi connectivity index (χ0) is 15.7. The van der Waals surface area contributed by atoms with Gasteiger partial charge in [-0.1, -0.05) is 11.6 Å². The molecule has 1 rings (SSSR count). The average Bonchev–Trinajstić information content (AvgIpc) is 2.89. The molecule has 0 amide bonds. The third-order valence-electron chi connectivity index (χ3n) is 2.35. The molecule has 1 heterocycles. The van der Waals surface area contributed by atoms with E-state index in [0.29, 0.717) is 30.0 Å². The van der Waals surface area contributed by atoms with Crippen LogP contribution in [-0.2, 0) is 14.8 Å². The van der Waals surface area contributed by atoms with Gasteiger partial charge in [-0.05, 0) is 12.1 Å². The van der Waals surface area contributed by atoms with Gasteiger partial charge in [0.15, 0.2) is 5.96 Å². The van der Waals surface area contributed by atoms with Crippen molar-refractivity contribution >= 4 is 38.9 Å². The van der Waals surface area contributed by atoms with Gasteiger partial charge in [-0.3, -0.25) is 4.99 Å². The minimum atomic E-state index is -3.50. The molecule has 0 aromatic carbocycles. The minimum absolute atomic E-state index is 0.204. The van der Waals surface area contributed by atoms with Gasteiger partial charge in [0.25, 0.3) is 0 Å². The largest absolute Gasteiger partial charge is 0.383 e. The van der Waals surface area contributed by atoms with E-state index in [1.165, 1.54) is 6.07 Å². The second-order valence-corrected chi connectivity index (χ2v) is 7.58. The predicted molar refractivity (Wildman–Crippen MR) is 85.8 cm³/mol. The summed E-state index contributed by atoms with van der Waals surface area (Å²) in [6.45, 7) is 1.83. The summed E-state index contributed by atoms with van der Waals surface area (Å²) in [7, 11) is -0.248. The van der Waals surface area contributed by atoms with Crippen LogP contribution in [0.15, 0.2) is 21.3 Å². The van der Waals surface area contributed by atoms with Gasteiger partial charge in [0.1, 0.15) is 4.21 Å². The van der Waals surface area contributed by atoms with Crippen molar-refractivity contribution in [2.75, 3.05) is 40.4 Å². The molecule has 0 saturated carbocycles. The van der Waals surface area contributed by atoms with Gasteiger partial charge in [-0.2, -0.15) is 0 Å². The van der Waals surface area contributed by atoms with Gasteiger partial charge < -0.3 is 15.4 Å². The maximum atomic E-state index is 11.9. The van der Waals surface area contributed by atoms with Crippen molar-refractivity contribution in [3.8, 4) is 0 Å². The van der Waals surface area contributed by atoms with Crippen molar-refractivity contribution in [1.82, 2.24) is 15.4 Å². The first-order valence-corrected chi connectivity index (χ1v) is 8.86. The molecule has 10 heteroatoms. The van der Waals surface area contributed by atoms with E-state index in [0.717, 1.165) is 11.3 Å². The van der Waals surface area contributed by atoms with Gasteiger partial charge in [-0.15, -0.1) is 11.3 Å². The third-order valence-corrected chi connectivity index (χ3v) is 5.53. The van der Waals surface area contributed by atoms with Crippen LogP contribution >= 0.6 is 22.9 Å². The van der Waals surface area contributed by atoms with E-state index < -0.39 is 10.0 Å². The summed E-state index contributed by atoms with van der Waals surface area (Å²) in [4.78, 5) is 4.00. The second kappa shape index (κ2) is 9.21. The number of hydrogen-bond acceptors (Lipinski definition) is 5. The number of nitrogens with one attached hydrogen (secondary N) is 3. The fourth-order valence-electron chi connectivity index (χ4n) is 1.37. The van der Waals surface area contributed by atoms with E-state index in [1.54, 1.807) is 20.2 Å². The van der Waals surface area contributed by atoms with Crippen LogP contribution in [-0.4, -0.2) is 54.8 Å². The Morgan fingerprint density at radius 3 is 2.62 bits per heavy atom. The Balaban J connectivity index is 2.33. The molecule has 1 aromatic heterocycles. The molecule has 0 unspecified atom stereocenters. The summed E-state index contributed by atoms with van der Waals surface area (Å²) >= 11 is 6.75. The minimum Gasteiger partial charge on any atom is -0.383 e. The number of hydrogen-bond donors (Lipinski definition) is 3. The summed E-state index contributed by atoms with van der Waals surface area (Å²) in [5.74, 6) is 0.588. The van der Waals surface area contributed by atoms with Crippen molar-refractivity contribution in [2.45, 2.75) is 4.21 Å². The van der Waals surface area contributed by atoms with Crippen molar-refractivity contribution in [2.24, 2.45) is 4.99 Å². The van der Waals surface area contributed by atoms with Crippen LogP contribution in [0.5, 0.6) is 0 Å². The maximum Gasteiger partial charge on any atom is 0.250 e. The van der Waals surface area contributed by atoms with Crippen LogP contribution in [0, 0.1) is 0 Å². The molecule has 0 aliphatic carbocycles. The number of guanidine groups is 1. The molecule has 7 nitrogen and oxygen atoms in total. The number of thiophene rings is 1. The monoisotopic (exact) mass is 354 g/mol. The molecule has 0 aliphatic heterocycles. The zero-order valence-electron chi connectivity index (χ0n) is 11.8. The van der Waals surface area contributed by atoms with Crippen molar-refractivity contribution in [1.29, 1.82) is 0 Å². The van der Waals surface area contributed by atoms with Crippen molar-refractivity contribution in [3.05, 3.63) is 16.5 Å². The molecule has 1 aromatic rings. The van der Waals surface area contributed by atoms with E-state index >= 15 is 0 Å². The molecule has 0 fully saturated rings. The van der Waals surface area contributed by atoms with Crippen LogP contribution in [0.3, 0.4) is 0 Å². The van der Waals surface area contributed by atoms with Crippen LogP contribution in [0.1, 0.15) is 0 Å². The van der Waals surface area contributed by atoms with E-state index in [9.17, 15) is 8.42 Å². The SMILES string of the molecule is CN=C(NCCNS(=O)(=O)c1ccc(Cl)s1)NCCOC. The topological polar surface area (TPSA) is 91.8 Å². The summed E-state index contributed by atoms with van der Waals surface area (Å²) in [6, 6.07) is 3.04. The molecule has 0 spiro atoms. The highest BCUT2D eigenvalue weighted by atomic mass is 35.5. The fourth-order valence-corrected chi connectivity index (χ4v) is 3.93. The normalized spacial score (nSPS) is 12.4. The lowest BCUT2D eigenvalue weighted by Crippen LogP contribution is -2.42. The number of nitrogens with zero attached hydrogens (tertiary/aromatic N) is 1. The van der Waals surface area contributed by atoms with Gasteiger partial charge in [0.2, 0.25) is 10.0 Å². The van der Waals surface area contributed by atoms with E-state index in [1.807, 2.05) is 0 Å². The lowest BCUT2D eigenvalue weighted by molar-refractivity contribution is 0.203. The van der Waals surface area contributed by atoms with Gasteiger partial charge >= 0.3 is 0 Å². The predicted octanol–water partition coefficient (Wildman–Crippen LogP) is 0.491. The highest BCUT2D eigenvalue weighted by Crippen LogP contribution is 2.24. The highest BCUT2D eigenvalue weighted by Gasteiger charge is 2.15. The van der Waals surface area contributed by atoms with Crippen LogP contribution in [0.4, 0.5) is 0 Å². The molecular weight excluding hydrogens is 336 g/mol. The summed E-state index contributed by atoms with van der Waals surface area (Å²) < 4.78 is 31.9. The molecule has 0 atom stereocenters. The average molecular weight is 355 g/mol. The Morgan fingerprint density at radius 1 is 1.33 bits per heavy atom. The van der Waals surface area contributed by atoms with E-state index in [4.69, 9.17) is 16.3 Å². The first kappa shape index (κ1) is 18.2. The summed E-state index contributed by atoms with van der Waals surface area (Å²) in [5, 5.41) is 6.02. The van der Waals surface area contributed by atoms with E-state index in [-0.39, 0.29) is 10.8 Å². The van der Waals surface area contributed by atoms with Crippen LogP contribution in [0.25, 0.3) is 0 Å². The number of rotatable bonds is 8. The Kier molecular flexibility index (Phi) is 7.97. The molecule has 0 aliphatic rings. The first-order valence-electron chi connectivity index (χ1n) is 6.18. The van der Waals surface area contributed by atoms with Crippen LogP contribution in [0.2, 0.25) is 4.34 Å². The van der Waals surface area contributed by atoms with Gasteiger partial charge in [-0.25, -0.2) is 13.1 Å². The number of aliphatic imine (C=N–C) groups is 1. The zero-order valence-corrected chi connectivity index (χ0v) is 14.2. The number of ether oxygens (including phenoxy) is 1. The Labute approximate surface area is 133 Å². The summed E-state index contributed by atoms with van der Waals surface area (Å²) in [5.41, 5.74) is 0. The van der Waals surface area contributed by atoms with E-state index in [2.05, 4.69) is 20.3 Å². The van der Waals surface area contributed by atoms with Crippen molar-refractivity contribution in [3.63, 3.8) is 0 Å². The maximum absolute atomic E-state index is 11.9. The quantitative estimate of drug-likeness (QED) is 0.359. The highest BCUT2D eigenvalue weighted by molar-refractivity contribution is 7.91. The number of halogens is 1. The fraction of sp³-hybridized carbons (Fsp3) is 0.545. The van der Waals surface area contributed by atoms with Gasteiger partial charge in [0.05, 0.1) is 10.9 Å². The Bertz CT molecular complexity index is 560. The van der Waals surface area contributed by atoms with Gasteiger partial charge in [0, 0.05) is 33.8 Å². The molecule has 120 valence electrons. The van der Waals surface area contributed by atoms with Crippen molar-refractivity contribution < 1.29 is 13.2 Å². The summed E-state index contributed by atoms with van der Waals surface area (Å²) in [6.07, 6.45) is 0. The molecular formula is C11H19ClN4O3S2.